The summed E-state index contributed by atoms with van der Waals surface area (Å²) in [6.45, 7) is -0.753. The molecule has 4 rings (SSSR count). The van der Waals surface area contributed by atoms with Crippen LogP contribution in [0.3, 0.4) is 0 Å². The molecule has 0 bridgehead atoms. The lowest BCUT2D eigenvalue weighted by molar-refractivity contribution is -0.150. The maximum Gasteiger partial charge on any atom is 0.356 e. The molecule has 14 nitrogen and oxygen atoms in total. The first-order valence-corrected chi connectivity index (χ1v) is 12.5. The summed E-state index contributed by atoms with van der Waals surface area (Å²) in [7, 11) is 0. The number of nitrogen functional groups attached to an aromatic ring is 1. The Labute approximate surface area is 208 Å². The molecule has 2 amide bonds. The van der Waals surface area contributed by atoms with Crippen LogP contribution in [0.15, 0.2) is 32.9 Å². The molecule has 1 fully saturated rings. The minimum Gasteiger partial charge on any atom is -0.488 e. The van der Waals surface area contributed by atoms with Crippen LogP contribution in [0.4, 0.5) is 5.13 Å². The number of carbonyl (C=O) groups excluding carboxylic acids is 2. The van der Waals surface area contributed by atoms with Gasteiger partial charge in [-0.3, -0.25) is 14.5 Å². The van der Waals surface area contributed by atoms with Gasteiger partial charge in [-0.15, -0.1) is 34.4 Å². The molecule has 2 aliphatic heterocycles. The van der Waals surface area contributed by atoms with E-state index in [4.69, 9.17) is 15.6 Å². The maximum atomic E-state index is 12.9. The van der Waals surface area contributed by atoms with Crippen molar-refractivity contribution in [2.75, 3.05) is 18.1 Å². The zero-order chi connectivity index (χ0) is 25.1. The van der Waals surface area contributed by atoms with Crippen LogP contribution < -0.4 is 11.1 Å². The van der Waals surface area contributed by atoms with E-state index in [0.717, 1.165) is 16.2 Å². The van der Waals surface area contributed by atoms with Crippen LogP contribution in [0.2, 0.25) is 0 Å². The van der Waals surface area contributed by atoms with Gasteiger partial charge in [0, 0.05) is 10.8 Å². The first-order chi connectivity index (χ1) is 16.8. The van der Waals surface area contributed by atoms with Gasteiger partial charge in [0.25, 0.3) is 11.8 Å². The predicted octanol–water partition coefficient (Wildman–Crippen LogP) is -0.1000. The van der Waals surface area contributed by atoms with E-state index in [1.165, 1.54) is 28.5 Å². The Bertz CT molecular complexity index is 1230. The van der Waals surface area contributed by atoms with Crippen molar-refractivity contribution >= 4 is 69.0 Å². The summed E-state index contributed by atoms with van der Waals surface area (Å²) in [4.78, 5) is 62.1. The van der Waals surface area contributed by atoms with Crippen LogP contribution in [-0.4, -0.2) is 78.3 Å². The van der Waals surface area contributed by atoms with Crippen molar-refractivity contribution in [1.82, 2.24) is 20.2 Å². The van der Waals surface area contributed by atoms with E-state index in [1.54, 1.807) is 10.9 Å². The van der Waals surface area contributed by atoms with Crippen molar-refractivity contribution in [3.63, 3.8) is 0 Å². The first-order valence-electron chi connectivity index (χ1n) is 9.61. The fraction of sp³-hybridized carbons (Fsp3) is 0.278. The quantitative estimate of drug-likeness (QED) is 0.177. The van der Waals surface area contributed by atoms with Crippen molar-refractivity contribution in [2.24, 2.45) is 5.16 Å². The summed E-state index contributed by atoms with van der Waals surface area (Å²) in [6, 6.07) is -1.07. The number of nitrogens with zero attached hydrogens (tertiary/aromatic N) is 4. The van der Waals surface area contributed by atoms with Crippen molar-refractivity contribution < 1.29 is 39.0 Å². The van der Waals surface area contributed by atoms with Gasteiger partial charge in [0.2, 0.25) is 6.61 Å². The van der Waals surface area contributed by atoms with E-state index in [-0.39, 0.29) is 40.4 Å². The number of aromatic nitrogens is 2. The molecule has 35 heavy (non-hydrogen) atoms. The van der Waals surface area contributed by atoms with Crippen LogP contribution in [0.1, 0.15) is 11.4 Å². The van der Waals surface area contributed by atoms with Gasteiger partial charge in [-0.2, -0.15) is 0 Å². The van der Waals surface area contributed by atoms with Crippen LogP contribution in [-0.2, 0) is 35.4 Å². The van der Waals surface area contributed by atoms with Gasteiger partial charge in [-0.05, 0) is 0 Å². The van der Waals surface area contributed by atoms with Crippen molar-refractivity contribution in [1.29, 1.82) is 0 Å². The minimum absolute atomic E-state index is 0.0270. The normalized spacial score (nSPS) is 19.6. The molecule has 2 aromatic heterocycles. The zero-order valence-corrected chi connectivity index (χ0v) is 19.9. The lowest BCUT2D eigenvalue weighted by atomic mass is 10.0. The number of carbonyl (C=O) groups is 4. The predicted molar refractivity (Wildman–Crippen MR) is 123 cm³/mol. The summed E-state index contributed by atoms with van der Waals surface area (Å²) in [5.41, 5.74) is 7.19. The van der Waals surface area contributed by atoms with Crippen LogP contribution in [0.5, 0.6) is 0 Å². The summed E-state index contributed by atoms with van der Waals surface area (Å²) < 4.78 is 5.62. The Kier molecular flexibility index (Phi) is 7.17. The number of thioether (sulfide) groups is 1. The Morgan fingerprint density at radius 3 is 2.74 bits per heavy atom. The van der Waals surface area contributed by atoms with E-state index < -0.39 is 41.8 Å². The molecule has 0 aliphatic carbocycles. The standard InChI is InChI=1S/C18H16N6O8S3/c19-18-21-8(4-35-18)11(23-32-2-10(25)26)14(27)22-12-15(28)24-13(17(29)30)9(5-34-16(12)24)31-1-7-3-33-6-20-7/h3-4,6,12,16H,1-2,5H2,(H2,19,21)(H,22,27)(H,25,26)(H,29,30)/b23-11-/t12-,16-/m1/s1. The highest BCUT2D eigenvalue weighted by molar-refractivity contribution is 8.00. The van der Waals surface area contributed by atoms with Crippen molar-refractivity contribution in [2.45, 2.75) is 18.0 Å². The average Bonchev–Trinajstić information content (AvgIpc) is 3.49. The van der Waals surface area contributed by atoms with Crippen LogP contribution >= 0.6 is 34.4 Å². The molecule has 2 atom stereocenters. The Hall–Kier alpha value is -3.70. The number of nitrogens with two attached hydrogens (primary N) is 1. The van der Waals surface area contributed by atoms with Gasteiger partial charge in [0.05, 0.1) is 17.0 Å². The number of amides is 2. The summed E-state index contributed by atoms with van der Waals surface area (Å²) in [6.07, 6.45) is 0. The molecule has 17 heteroatoms. The molecule has 0 spiro atoms. The second-order valence-corrected chi connectivity index (χ2v) is 9.60. The molecule has 184 valence electrons. The second-order valence-electron chi connectivity index (χ2n) is 6.88. The third-order valence-corrected chi connectivity index (χ3v) is 7.19. The number of β-lactam (4-membered cyclic amide) rings is 1. The van der Waals surface area contributed by atoms with Gasteiger partial charge in [0.15, 0.2) is 16.5 Å². The molecule has 1 saturated heterocycles. The molecule has 5 N–H and O–H groups in total. The van der Waals surface area contributed by atoms with E-state index in [2.05, 4.69) is 25.3 Å². The van der Waals surface area contributed by atoms with Gasteiger partial charge < -0.3 is 30.8 Å². The van der Waals surface area contributed by atoms with Gasteiger partial charge in [-0.25, -0.2) is 19.6 Å². The van der Waals surface area contributed by atoms with Gasteiger partial charge in [0.1, 0.15) is 29.5 Å². The number of ether oxygens (including phenoxy) is 1. The number of nitrogens with one attached hydrogen (secondary N) is 1. The molecule has 2 aromatic rings. The number of hydrogen-bond acceptors (Lipinski definition) is 13. The fourth-order valence-electron chi connectivity index (χ4n) is 3.13. The summed E-state index contributed by atoms with van der Waals surface area (Å²) in [5.74, 6) is -3.92. The number of carboxylic acids is 2. The molecule has 0 saturated carbocycles. The number of carboxylic acid groups (broad SMARTS) is 2. The van der Waals surface area contributed by atoms with Crippen LogP contribution in [0.25, 0.3) is 0 Å². The monoisotopic (exact) mass is 540 g/mol. The number of hydrogen-bond donors (Lipinski definition) is 4. The maximum absolute atomic E-state index is 12.9. The Morgan fingerprint density at radius 1 is 1.31 bits per heavy atom. The zero-order valence-electron chi connectivity index (χ0n) is 17.4. The molecule has 0 unspecified atom stereocenters. The fourth-order valence-corrected chi connectivity index (χ4v) is 5.50. The second kappa shape index (κ2) is 10.3. The summed E-state index contributed by atoms with van der Waals surface area (Å²) >= 11 is 3.60. The van der Waals surface area contributed by atoms with E-state index in [9.17, 15) is 24.3 Å². The van der Waals surface area contributed by atoms with Gasteiger partial charge >= 0.3 is 11.9 Å². The molecule has 2 aliphatic rings. The average molecular weight is 541 g/mol. The summed E-state index contributed by atoms with van der Waals surface area (Å²) in [5, 5.41) is 27.1. The molecule has 0 radical (unpaired) electrons. The number of aliphatic carboxylic acids is 2. The number of rotatable bonds is 10. The lowest BCUT2D eigenvalue weighted by Gasteiger charge is -2.48. The van der Waals surface area contributed by atoms with Crippen molar-refractivity contribution in [3.05, 3.63) is 39.1 Å². The number of fused-ring (bicyclic) bond motifs is 1. The highest BCUT2D eigenvalue weighted by Crippen LogP contribution is 2.40. The Morgan fingerprint density at radius 2 is 2.11 bits per heavy atom. The number of oxime groups is 1. The smallest absolute Gasteiger partial charge is 0.356 e. The lowest BCUT2D eigenvalue weighted by Crippen LogP contribution is -2.71. The minimum atomic E-state index is -1.34. The topological polar surface area (TPSA) is 207 Å². The third kappa shape index (κ3) is 5.20. The Balaban J connectivity index is 1.49. The number of thiazole rings is 2. The van der Waals surface area contributed by atoms with E-state index >= 15 is 0 Å². The van der Waals surface area contributed by atoms with Gasteiger partial charge in [-0.1, -0.05) is 5.16 Å². The number of anilines is 1. The van der Waals surface area contributed by atoms with Crippen LogP contribution in [0, 0.1) is 0 Å². The largest absolute Gasteiger partial charge is 0.488 e. The van der Waals surface area contributed by atoms with Crippen molar-refractivity contribution in [3.8, 4) is 0 Å². The molecular formula is C18H16N6O8S3. The molecule has 4 heterocycles. The van der Waals surface area contributed by atoms with E-state index in [1.807, 2.05) is 0 Å². The highest BCUT2D eigenvalue weighted by Gasteiger charge is 2.55. The molecule has 0 aromatic carbocycles. The SMILES string of the molecule is Nc1nc(/C(=N/OCC(=O)O)C(=O)N[C@@H]2C(=O)N3C(C(=O)O)=C(OCc4cscn4)CS[C@H]23)cs1. The first kappa shape index (κ1) is 24.4. The molecular weight excluding hydrogens is 524 g/mol. The van der Waals surface area contributed by atoms with E-state index in [0.29, 0.717) is 5.69 Å². The third-order valence-electron chi connectivity index (χ3n) is 4.62. The highest BCUT2D eigenvalue weighted by atomic mass is 32.2.